The summed E-state index contributed by atoms with van der Waals surface area (Å²) in [6.07, 6.45) is 5.37. The number of hydrogen-bond donors (Lipinski definition) is 0. The van der Waals surface area contributed by atoms with E-state index in [4.69, 9.17) is 18.9 Å². The van der Waals surface area contributed by atoms with Gasteiger partial charge in [0, 0.05) is 34.6 Å². The number of nitrogens with zero attached hydrogens (tertiary/aromatic N) is 5. The summed E-state index contributed by atoms with van der Waals surface area (Å²) in [7, 11) is 3.29. The van der Waals surface area contributed by atoms with Gasteiger partial charge in [0.2, 0.25) is 5.89 Å². The molecule has 38 heavy (non-hydrogen) atoms. The lowest BCUT2D eigenvalue weighted by Gasteiger charge is -2.04. The second kappa shape index (κ2) is 10.0. The van der Waals surface area contributed by atoms with Crippen molar-refractivity contribution in [1.82, 2.24) is 25.0 Å². The van der Waals surface area contributed by atoms with Crippen LogP contribution in [0.5, 0.6) is 11.5 Å². The summed E-state index contributed by atoms with van der Waals surface area (Å²) in [5.41, 5.74) is 5.83. The summed E-state index contributed by atoms with van der Waals surface area (Å²) in [4.78, 5) is 9.09. The highest BCUT2D eigenvalue weighted by molar-refractivity contribution is 5.79. The Bertz CT molecular complexity index is 1610. The molecule has 0 saturated heterocycles. The topological polar surface area (TPSA) is 88.1 Å². The normalized spacial score (nSPS) is 10.9. The van der Waals surface area contributed by atoms with E-state index in [0.717, 1.165) is 50.8 Å². The second-order valence-corrected chi connectivity index (χ2v) is 8.49. The molecule has 0 unspecified atom stereocenters. The lowest BCUT2D eigenvalue weighted by atomic mass is 10.1. The third kappa shape index (κ3) is 4.51. The Kier molecular flexibility index (Phi) is 6.11. The second-order valence-electron chi connectivity index (χ2n) is 8.49. The fraction of sp³-hybridized carbons (Fsp3) is 0.0667. The molecular weight excluding hydrogens is 478 g/mol. The van der Waals surface area contributed by atoms with Crippen molar-refractivity contribution >= 4 is 0 Å². The molecule has 3 aromatic heterocycles. The average molecular weight is 502 g/mol. The maximum atomic E-state index is 6.40. The van der Waals surface area contributed by atoms with Gasteiger partial charge in [-0.3, -0.25) is 4.98 Å². The van der Waals surface area contributed by atoms with E-state index in [9.17, 15) is 0 Å². The van der Waals surface area contributed by atoms with Crippen LogP contribution in [-0.2, 0) is 0 Å². The quantitative estimate of drug-likeness (QED) is 0.252. The molecule has 0 fully saturated rings. The molecule has 0 aliphatic heterocycles. The lowest BCUT2D eigenvalue weighted by Crippen LogP contribution is -1.95. The van der Waals surface area contributed by atoms with Crippen molar-refractivity contribution in [3.63, 3.8) is 0 Å². The van der Waals surface area contributed by atoms with Crippen molar-refractivity contribution in [3.05, 3.63) is 104 Å². The monoisotopic (exact) mass is 501 g/mol. The first-order chi connectivity index (χ1) is 18.7. The van der Waals surface area contributed by atoms with Crippen molar-refractivity contribution in [2.45, 2.75) is 0 Å². The largest absolute Gasteiger partial charge is 0.497 e. The molecule has 186 valence electrons. The molecule has 3 aromatic carbocycles. The van der Waals surface area contributed by atoms with Gasteiger partial charge < -0.3 is 13.9 Å². The summed E-state index contributed by atoms with van der Waals surface area (Å²) >= 11 is 0. The van der Waals surface area contributed by atoms with Crippen LogP contribution >= 0.6 is 0 Å². The summed E-state index contributed by atoms with van der Waals surface area (Å²) < 4.78 is 18.8. The van der Waals surface area contributed by atoms with Crippen LogP contribution in [0.4, 0.5) is 0 Å². The number of methoxy groups -OCH3 is 2. The minimum atomic E-state index is 0.496. The maximum Gasteiger partial charge on any atom is 0.227 e. The first kappa shape index (κ1) is 23.2. The van der Waals surface area contributed by atoms with Crippen LogP contribution in [0, 0.1) is 0 Å². The van der Waals surface area contributed by atoms with Crippen LogP contribution in [-0.4, -0.2) is 39.2 Å². The molecule has 3 heterocycles. The summed E-state index contributed by atoms with van der Waals surface area (Å²) in [6, 6.07) is 27.2. The van der Waals surface area contributed by atoms with Crippen LogP contribution in [0.2, 0.25) is 0 Å². The fourth-order valence-corrected chi connectivity index (χ4v) is 4.14. The number of aromatic nitrogens is 5. The van der Waals surface area contributed by atoms with Crippen molar-refractivity contribution < 1.29 is 13.9 Å². The molecule has 0 spiro atoms. The van der Waals surface area contributed by atoms with Crippen molar-refractivity contribution in [1.29, 1.82) is 0 Å². The van der Waals surface area contributed by atoms with Gasteiger partial charge in [-0.05, 0) is 78.9 Å². The maximum absolute atomic E-state index is 6.40. The third-order valence-corrected chi connectivity index (χ3v) is 6.15. The van der Waals surface area contributed by atoms with Gasteiger partial charge in [-0.2, -0.15) is 0 Å². The van der Waals surface area contributed by atoms with Gasteiger partial charge >= 0.3 is 0 Å². The summed E-state index contributed by atoms with van der Waals surface area (Å²) in [5, 5.41) is 8.62. The summed E-state index contributed by atoms with van der Waals surface area (Å²) in [6.45, 7) is 0. The zero-order valence-corrected chi connectivity index (χ0v) is 20.8. The van der Waals surface area contributed by atoms with E-state index >= 15 is 0 Å². The van der Waals surface area contributed by atoms with Gasteiger partial charge in [0.1, 0.15) is 22.9 Å². The molecule has 0 amide bonds. The number of benzene rings is 3. The average Bonchev–Trinajstić information content (AvgIpc) is 3.67. The van der Waals surface area contributed by atoms with Gasteiger partial charge in [-0.25, -0.2) is 9.67 Å². The molecule has 0 bridgehead atoms. The predicted octanol–water partition coefficient (Wildman–Crippen LogP) is 6.34. The first-order valence-corrected chi connectivity index (χ1v) is 11.9. The Morgan fingerprint density at radius 2 is 1.45 bits per heavy atom. The number of oxazole rings is 1. The molecular formula is C30H23N5O3. The zero-order valence-electron chi connectivity index (χ0n) is 20.8. The molecule has 0 radical (unpaired) electrons. The van der Waals surface area contributed by atoms with E-state index in [1.54, 1.807) is 31.3 Å². The Morgan fingerprint density at radius 3 is 2.13 bits per heavy atom. The Hall–Kier alpha value is -5.24. The lowest BCUT2D eigenvalue weighted by molar-refractivity contribution is 0.414. The van der Waals surface area contributed by atoms with Gasteiger partial charge in [0.15, 0.2) is 5.76 Å². The highest BCUT2D eigenvalue weighted by Gasteiger charge is 2.19. The molecule has 6 aromatic rings. The van der Waals surface area contributed by atoms with Gasteiger partial charge in [-0.15, -0.1) is 5.10 Å². The number of pyridine rings is 1. The first-order valence-electron chi connectivity index (χ1n) is 11.9. The molecule has 0 N–H and O–H groups in total. The van der Waals surface area contributed by atoms with Crippen LogP contribution in [0.15, 0.2) is 108 Å². The molecule has 8 heteroatoms. The predicted molar refractivity (Wildman–Crippen MR) is 144 cm³/mol. The van der Waals surface area contributed by atoms with Gasteiger partial charge in [0.05, 0.1) is 26.1 Å². The van der Waals surface area contributed by atoms with Crippen molar-refractivity contribution in [2.75, 3.05) is 14.2 Å². The van der Waals surface area contributed by atoms with Crippen molar-refractivity contribution in [2.24, 2.45) is 0 Å². The van der Waals surface area contributed by atoms with Crippen LogP contribution in [0.3, 0.4) is 0 Å². The number of rotatable bonds is 7. The van der Waals surface area contributed by atoms with Gasteiger partial charge in [0.25, 0.3) is 0 Å². The number of ether oxygens (including phenoxy) is 2. The third-order valence-electron chi connectivity index (χ3n) is 6.15. The minimum Gasteiger partial charge on any atom is -0.497 e. The van der Waals surface area contributed by atoms with Crippen LogP contribution < -0.4 is 9.47 Å². The van der Waals surface area contributed by atoms with Crippen LogP contribution in [0.25, 0.3) is 51.0 Å². The van der Waals surface area contributed by atoms with Crippen LogP contribution in [0.1, 0.15) is 0 Å². The Balaban J connectivity index is 1.41. The van der Waals surface area contributed by atoms with E-state index in [1.165, 1.54) is 0 Å². The van der Waals surface area contributed by atoms with E-state index in [0.29, 0.717) is 11.7 Å². The molecule has 8 nitrogen and oxygen atoms in total. The summed E-state index contributed by atoms with van der Waals surface area (Å²) in [5.74, 6) is 2.70. The Morgan fingerprint density at radius 1 is 0.737 bits per heavy atom. The minimum absolute atomic E-state index is 0.496. The zero-order chi connectivity index (χ0) is 25.9. The van der Waals surface area contributed by atoms with E-state index in [2.05, 4.69) is 15.3 Å². The molecule has 0 saturated carbocycles. The van der Waals surface area contributed by atoms with Crippen molar-refractivity contribution in [3.8, 4) is 62.5 Å². The highest BCUT2D eigenvalue weighted by atomic mass is 16.5. The fourth-order valence-electron chi connectivity index (χ4n) is 4.14. The smallest absolute Gasteiger partial charge is 0.227 e. The molecule has 6 rings (SSSR count). The molecule has 0 aliphatic rings. The molecule has 0 atom stereocenters. The van der Waals surface area contributed by atoms with E-state index in [-0.39, 0.29) is 0 Å². The Labute approximate surface area is 219 Å². The van der Waals surface area contributed by atoms with E-state index in [1.807, 2.05) is 91.1 Å². The molecule has 0 aliphatic carbocycles. The number of hydrogen-bond acceptors (Lipinski definition) is 7. The SMILES string of the molecule is COc1ccc(-c2nc(-c3cccc(-n4cc(-c5cccnc5)nn4)c3)oc2-c2ccc(OC)cc2)cc1. The van der Waals surface area contributed by atoms with Gasteiger partial charge in [-0.1, -0.05) is 11.3 Å². The highest BCUT2D eigenvalue weighted by Crippen LogP contribution is 2.37. The van der Waals surface area contributed by atoms with E-state index < -0.39 is 0 Å². The standard InChI is InChI=1S/C30H23N5O3/c1-36-25-12-8-20(9-13-25)28-29(21-10-14-26(37-2)15-11-21)38-30(32-28)22-5-3-7-24(17-22)35-19-27(33-34-35)23-6-4-16-31-18-23/h3-19H,1-2H3.